The average Bonchev–Trinajstić information content (AvgIpc) is 3.25. The van der Waals surface area contributed by atoms with E-state index >= 15 is 0 Å². The van der Waals surface area contributed by atoms with Crippen LogP contribution in [0, 0.1) is 20.8 Å². The fourth-order valence-corrected chi connectivity index (χ4v) is 4.54. The van der Waals surface area contributed by atoms with Crippen molar-refractivity contribution >= 4 is 38.0 Å². The van der Waals surface area contributed by atoms with E-state index < -0.39 is 0 Å². The third-order valence-electron chi connectivity index (χ3n) is 4.65. The Hall–Kier alpha value is -3.26. The van der Waals surface area contributed by atoms with Crippen LogP contribution in [-0.4, -0.2) is 27.7 Å². The molecule has 28 heavy (non-hydrogen) atoms. The largest absolute Gasteiger partial charge is 0.454 e. The summed E-state index contributed by atoms with van der Waals surface area (Å²) in [4.78, 5) is 23.1. The summed E-state index contributed by atoms with van der Waals surface area (Å²) in [5, 5.41) is 5.31. The van der Waals surface area contributed by atoms with Gasteiger partial charge in [0.1, 0.15) is 15.4 Å². The monoisotopic (exact) mass is 392 g/mol. The maximum Gasteiger partial charge on any atom is 0.292 e. The molecule has 1 aliphatic rings. The highest BCUT2D eigenvalue weighted by molar-refractivity contribution is 7.25. The molecule has 3 aromatic heterocycles. The quantitative estimate of drug-likeness (QED) is 0.488. The average molecular weight is 392 g/mol. The minimum atomic E-state index is -0.195. The molecule has 4 aromatic rings. The van der Waals surface area contributed by atoms with Crippen molar-refractivity contribution < 1.29 is 9.47 Å². The molecular formula is C20H16N4O3S. The predicted octanol–water partition coefficient (Wildman–Crippen LogP) is 3.54. The molecule has 0 radical (unpaired) electrons. The van der Waals surface area contributed by atoms with Crippen LogP contribution < -0.4 is 15.0 Å². The molecule has 7 nitrogen and oxygen atoms in total. The smallest absolute Gasteiger partial charge is 0.292 e. The summed E-state index contributed by atoms with van der Waals surface area (Å²) in [7, 11) is 0. The molecule has 0 atom stereocenters. The Kier molecular flexibility index (Phi) is 3.70. The van der Waals surface area contributed by atoms with Crippen LogP contribution in [0.25, 0.3) is 20.4 Å². The fourth-order valence-electron chi connectivity index (χ4n) is 3.38. The lowest BCUT2D eigenvalue weighted by atomic mass is 10.1. The lowest BCUT2D eigenvalue weighted by Gasteiger charge is -2.04. The van der Waals surface area contributed by atoms with Crippen molar-refractivity contribution in [3.05, 3.63) is 57.3 Å². The van der Waals surface area contributed by atoms with Crippen molar-refractivity contribution in [2.24, 2.45) is 5.10 Å². The molecule has 140 valence electrons. The minimum absolute atomic E-state index is 0.195. The normalized spacial score (nSPS) is 13.2. The van der Waals surface area contributed by atoms with E-state index in [9.17, 15) is 4.79 Å². The SMILES string of the molecule is Cc1cc(C)c2c(n1)sc1c(=O)n(/N=C/c3ccc4c(c3)OCO4)c(C)nc12. The molecule has 0 saturated heterocycles. The van der Waals surface area contributed by atoms with Gasteiger partial charge in [0.25, 0.3) is 5.56 Å². The molecule has 1 aromatic carbocycles. The first-order valence-corrected chi connectivity index (χ1v) is 9.57. The van der Waals surface area contributed by atoms with Crippen molar-refractivity contribution in [1.29, 1.82) is 0 Å². The van der Waals surface area contributed by atoms with Gasteiger partial charge in [-0.15, -0.1) is 11.3 Å². The second-order valence-corrected chi connectivity index (χ2v) is 7.67. The molecule has 0 spiro atoms. The molecule has 0 N–H and O–H groups in total. The molecule has 8 heteroatoms. The van der Waals surface area contributed by atoms with Crippen LogP contribution in [0.2, 0.25) is 0 Å². The van der Waals surface area contributed by atoms with E-state index in [0.29, 0.717) is 27.5 Å². The third-order valence-corrected chi connectivity index (χ3v) is 5.71. The van der Waals surface area contributed by atoms with Crippen LogP contribution >= 0.6 is 11.3 Å². The number of nitrogens with zero attached hydrogens (tertiary/aromatic N) is 4. The summed E-state index contributed by atoms with van der Waals surface area (Å²) in [5.74, 6) is 1.90. The zero-order valence-electron chi connectivity index (χ0n) is 15.5. The van der Waals surface area contributed by atoms with Gasteiger partial charge in [-0.3, -0.25) is 4.79 Å². The van der Waals surface area contributed by atoms with Crippen LogP contribution in [-0.2, 0) is 0 Å². The Bertz CT molecular complexity index is 1350. The Balaban J connectivity index is 1.65. The first-order chi connectivity index (χ1) is 13.5. The predicted molar refractivity (Wildman–Crippen MR) is 109 cm³/mol. The minimum Gasteiger partial charge on any atom is -0.454 e. The van der Waals surface area contributed by atoms with E-state index in [1.165, 1.54) is 16.0 Å². The summed E-state index contributed by atoms with van der Waals surface area (Å²) < 4.78 is 12.6. The number of hydrogen-bond donors (Lipinski definition) is 0. The zero-order chi connectivity index (χ0) is 19.4. The van der Waals surface area contributed by atoms with Gasteiger partial charge in [-0.1, -0.05) is 0 Å². The molecule has 0 amide bonds. The number of thiophene rings is 1. The maximum absolute atomic E-state index is 13.1. The second kappa shape index (κ2) is 6.13. The fraction of sp³-hybridized carbons (Fsp3) is 0.200. The first kappa shape index (κ1) is 16.9. The molecule has 0 unspecified atom stereocenters. The second-order valence-electron chi connectivity index (χ2n) is 6.67. The number of aromatic nitrogens is 3. The van der Waals surface area contributed by atoms with Gasteiger partial charge in [0, 0.05) is 11.1 Å². The molecule has 4 heterocycles. The van der Waals surface area contributed by atoms with Crippen LogP contribution in [0.5, 0.6) is 11.5 Å². The van der Waals surface area contributed by atoms with Crippen molar-refractivity contribution in [1.82, 2.24) is 14.6 Å². The Morgan fingerprint density at radius 1 is 1.14 bits per heavy atom. The third kappa shape index (κ3) is 2.56. The van der Waals surface area contributed by atoms with E-state index in [2.05, 4.69) is 15.1 Å². The van der Waals surface area contributed by atoms with E-state index in [1.54, 1.807) is 13.1 Å². The Labute approximate surface area is 163 Å². The summed E-state index contributed by atoms with van der Waals surface area (Å²) in [5.41, 5.74) is 3.30. The van der Waals surface area contributed by atoms with Gasteiger partial charge in [-0.2, -0.15) is 9.78 Å². The highest BCUT2D eigenvalue weighted by atomic mass is 32.1. The zero-order valence-corrected chi connectivity index (χ0v) is 16.3. The summed E-state index contributed by atoms with van der Waals surface area (Å²) >= 11 is 1.36. The van der Waals surface area contributed by atoms with Crippen molar-refractivity contribution in [2.45, 2.75) is 20.8 Å². The number of fused-ring (bicyclic) bond motifs is 4. The van der Waals surface area contributed by atoms with E-state index in [0.717, 1.165) is 27.0 Å². The van der Waals surface area contributed by atoms with Crippen LogP contribution in [0.4, 0.5) is 0 Å². The van der Waals surface area contributed by atoms with Crippen molar-refractivity contribution in [3.8, 4) is 11.5 Å². The maximum atomic E-state index is 13.1. The topological polar surface area (TPSA) is 78.6 Å². The number of aryl methyl sites for hydroxylation is 3. The van der Waals surface area contributed by atoms with Gasteiger partial charge in [0.2, 0.25) is 6.79 Å². The van der Waals surface area contributed by atoms with Gasteiger partial charge in [0.05, 0.1) is 11.7 Å². The molecule has 5 rings (SSSR count). The first-order valence-electron chi connectivity index (χ1n) is 8.75. The van der Waals surface area contributed by atoms with Crippen molar-refractivity contribution in [2.75, 3.05) is 6.79 Å². The van der Waals surface area contributed by atoms with Gasteiger partial charge in [-0.25, -0.2) is 9.97 Å². The number of pyridine rings is 1. The van der Waals surface area contributed by atoms with Gasteiger partial charge in [0.15, 0.2) is 11.5 Å². The molecule has 0 saturated carbocycles. The standard InChI is InChI=1S/C20H16N4O3S/c1-10-6-11(2)22-19-16(10)17-18(28-19)20(25)24(12(3)23-17)21-8-13-4-5-14-15(7-13)27-9-26-14/h4-8H,9H2,1-3H3/b21-8+. The van der Waals surface area contributed by atoms with Gasteiger partial charge in [-0.05, 0) is 56.2 Å². The van der Waals surface area contributed by atoms with Crippen LogP contribution in [0.3, 0.4) is 0 Å². The Morgan fingerprint density at radius 3 is 2.82 bits per heavy atom. The molecule has 0 fully saturated rings. The molecular weight excluding hydrogens is 376 g/mol. The van der Waals surface area contributed by atoms with E-state index in [4.69, 9.17) is 9.47 Å². The molecule has 0 bridgehead atoms. The lowest BCUT2D eigenvalue weighted by molar-refractivity contribution is 0.174. The van der Waals surface area contributed by atoms with Crippen molar-refractivity contribution in [3.63, 3.8) is 0 Å². The van der Waals surface area contributed by atoms with Gasteiger partial charge >= 0.3 is 0 Å². The summed E-state index contributed by atoms with van der Waals surface area (Å²) in [6, 6.07) is 7.52. The number of ether oxygens (including phenoxy) is 2. The highest BCUT2D eigenvalue weighted by Crippen LogP contribution is 2.33. The van der Waals surface area contributed by atoms with Gasteiger partial charge < -0.3 is 9.47 Å². The number of hydrogen-bond acceptors (Lipinski definition) is 7. The molecule has 1 aliphatic heterocycles. The highest BCUT2D eigenvalue weighted by Gasteiger charge is 2.17. The molecule has 0 aliphatic carbocycles. The number of benzene rings is 1. The number of rotatable bonds is 2. The van der Waals surface area contributed by atoms with E-state index in [1.807, 2.05) is 38.1 Å². The van der Waals surface area contributed by atoms with E-state index in [-0.39, 0.29) is 12.4 Å². The van der Waals surface area contributed by atoms with Crippen LogP contribution in [0.1, 0.15) is 22.6 Å². The lowest BCUT2D eigenvalue weighted by Crippen LogP contribution is -2.19. The Morgan fingerprint density at radius 2 is 1.96 bits per heavy atom. The summed E-state index contributed by atoms with van der Waals surface area (Å²) in [6.07, 6.45) is 1.62. The van der Waals surface area contributed by atoms with Crippen LogP contribution in [0.15, 0.2) is 34.2 Å². The summed E-state index contributed by atoms with van der Waals surface area (Å²) in [6.45, 7) is 5.96.